The zero-order chi connectivity index (χ0) is 25.9. The van der Waals surface area contributed by atoms with Crippen molar-refractivity contribution in [3.8, 4) is 0 Å². The van der Waals surface area contributed by atoms with E-state index in [1.165, 1.54) is 70.6 Å². The van der Waals surface area contributed by atoms with Gasteiger partial charge in [0.05, 0.1) is 8.07 Å². The minimum atomic E-state index is -1.14. The van der Waals surface area contributed by atoms with Crippen LogP contribution in [0.3, 0.4) is 0 Å². The van der Waals surface area contributed by atoms with Crippen LogP contribution < -0.4 is 0 Å². The maximum absolute atomic E-state index is 2.34. The van der Waals surface area contributed by atoms with Gasteiger partial charge >= 0.3 is 0 Å². The average Bonchev–Trinajstić information content (AvgIpc) is 2.96. The number of hydrogen-bond donors (Lipinski definition) is 0. The van der Waals surface area contributed by atoms with Crippen LogP contribution in [0.25, 0.3) is 0 Å². The third kappa shape index (κ3) is 13.9. The van der Waals surface area contributed by atoms with Gasteiger partial charge in [0.2, 0.25) is 0 Å². The van der Waals surface area contributed by atoms with Crippen LogP contribution in [0.2, 0.25) is 24.2 Å². The van der Waals surface area contributed by atoms with Crippen molar-refractivity contribution >= 4 is 8.07 Å². The fourth-order valence-electron chi connectivity index (χ4n) is 8.70. The zero-order valence-corrected chi connectivity index (χ0v) is 26.9. The SMILES string of the molecule is CCCCCCCCCCCC[Si](CCC1CCCCC1)(CCC1CCCCC1)CCC1CCCCC1. The summed E-state index contributed by atoms with van der Waals surface area (Å²) in [5.74, 6) is 3.33. The highest BCUT2D eigenvalue weighted by Crippen LogP contribution is 2.41. The molecule has 0 nitrogen and oxygen atoms in total. The minimum absolute atomic E-state index is 1.11. The Morgan fingerprint density at radius 3 is 1.05 bits per heavy atom. The molecule has 3 fully saturated rings. The lowest BCUT2D eigenvalue weighted by atomic mass is 9.87. The van der Waals surface area contributed by atoms with Gasteiger partial charge in [0.1, 0.15) is 0 Å². The first kappa shape index (κ1) is 31.7. The van der Waals surface area contributed by atoms with Crippen molar-refractivity contribution in [1.82, 2.24) is 0 Å². The molecule has 3 rings (SSSR count). The number of rotatable bonds is 20. The maximum Gasteiger partial charge on any atom is 0.0536 e. The predicted molar refractivity (Wildman–Crippen MR) is 170 cm³/mol. The summed E-state index contributed by atoms with van der Waals surface area (Å²) in [6.07, 6.45) is 43.3. The monoisotopic (exact) mass is 531 g/mol. The Kier molecular flexibility index (Phi) is 17.3. The first-order valence-electron chi connectivity index (χ1n) is 18.3. The quantitative estimate of drug-likeness (QED) is 0.108. The number of hydrogen-bond acceptors (Lipinski definition) is 0. The molecule has 3 saturated carbocycles. The second-order valence-electron chi connectivity index (χ2n) is 14.6. The van der Waals surface area contributed by atoms with E-state index in [0.717, 1.165) is 17.8 Å². The molecule has 0 aromatic heterocycles. The summed E-state index contributed by atoms with van der Waals surface area (Å²) in [5, 5.41) is 0. The van der Waals surface area contributed by atoms with E-state index < -0.39 is 8.07 Å². The third-order valence-corrected chi connectivity index (χ3v) is 16.9. The Labute approximate surface area is 236 Å². The van der Waals surface area contributed by atoms with Crippen LogP contribution in [0.5, 0.6) is 0 Å². The summed E-state index contributed by atoms with van der Waals surface area (Å²) >= 11 is 0. The molecule has 1 heteroatoms. The smallest absolute Gasteiger partial charge is 0.0536 e. The van der Waals surface area contributed by atoms with Crippen molar-refractivity contribution in [2.45, 2.75) is 211 Å². The predicted octanol–water partition coefficient (Wildman–Crippen LogP) is 13.3. The fourth-order valence-corrected chi connectivity index (χ4v) is 14.3. The largest absolute Gasteiger partial charge is 0.0654 e. The lowest BCUT2D eigenvalue weighted by Crippen LogP contribution is -2.36. The van der Waals surface area contributed by atoms with Crippen LogP contribution >= 0.6 is 0 Å². The molecule has 0 radical (unpaired) electrons. The van der Waals surface area contributed by atoms with Gasteiger partial charge in [-0.15, -0.1) is 0 Å². The van der Waals surface area contributed by atoms with Gasteiger partial charge in [0, 0.05) is 0 Å². The molecule has 0 aromatic carbocycles. The van der Waals surface area contributed by atoms with Gasteiger partial charge in [-0.05, 0) is 17.8 Å². The van der Waals surface area contributed by atoms with E-state index in [4.69, 9.17) is 0 Å². The minimum Gasteiger partial charge on any atom is -0.0654 e. The van der Waals surface area contributed by atoms with Crippen LogP contribution in [0, 0.1) is 17.8 Å². The molecule has 0 heterocycles. The van der Waals surface area contributed by atoms with Gasteiger partial charge in [0.25, 0.3) is 0 Å². The average molecular weight is 531 g/mol. The molecular formula is C36H70Si. The molecule has 0 spiro atoms. The van der Waals surface area contributed by atoms with Crippen molar-refractivity contribution < 1.29 is 0 Å². The molecule has 0 saturated heterocycles. The Morgan fingerprint density at radius 1 is 0.378 bits per heavy atom. The molecule has 218 valence electrons. The van der Waals surface area contributed by atoms with Crippen LogP contribution in [0.1, 0.15) is 187 Å². The van der Waals surface area contributed by atoms with Gasteiger partial charge in [-0.2, -0.15) is 0 Å². The second-order valence-corrected chi connectivity index (χ2v) is 19.6. The van der Waals surface area contributed by atoms with Gasteiger partial charge in [0.15, 0.2) is 0 Å². The van der Waals surface area contributed by atoms with Crippen molar-refractivity contribution in [1.29, 1.82) is 0 Å². The van der Waals surface area contributed by atoms with E-state index in [2.05, 4.69) is 6.92 Å². The molecule has 0 aromatic rings. The highest BCUT2D eigenvalue weighted by Gasteiger charge is 2.34. The van der Waals surface area contributed by atoms with Gasteiger partial charge in [-0.25, -0.2) is 0 Å². The van der Waals surface area contributed by atoms with Crippen LogP contribution in [-0.2, 0) is 0 Å². The highest BCUT2D eigenvalue weighted by atomic mass is 28.3. The summed E-state index contributed by atoms with van der Waals surface area (Å²) in [5.41, 5.74) is 0. The van der Waals surface area contributed by atoms with E-state index in [0.29, 0.717) is 0 Å². The number of unbranched alkanes of at least 4 members (excludes halogenated alkanes) is 9. The molecule has 0 N–H and O–H groups in total. The summed E-state index contributed by atoms with van der Waals surface area (Å²) in [6, 6.07) is 6.91. The summed E-state index contributed by atoms with van der Waals surface area (Å²) in [7, 11) is -1.14. The lowest BCUT2D eigenvalue weighted by Gasteiger charge is -2.37. The molecule has 0 bridgehead atoms. The van der Waals surface area contributed by atoms with E-state index in [9.17, 15) is 0 Å². The van der Waals surface area contributed by atoms with Gasteiger partial charge < -0.3 is 0 Å². The standard InChI is InChI=1S/C36H70Si/c1-2-3-4-5-6-7-8-9-10-20-30-37(31-27-34-21-14-11-15-22-34,32-28-35-23-16-12-17-24-35)33-29-36-25-18-13-19-26-36/h34-36H,2-33H2,1H3. The molecule has 0 aliphatic heterocycles. The lowest BCUT2D eigenvalue weighted by molar-refractivity contribution is 0.338. The van der Waals surface area contributed by atoms with Crippen LogP contribution in [-0.4, -0.2) is 8.07 Å². The topological polar surface area (TPSA) is 0 Å². The van der Waals surface area contributed by atoms with Gasteiger partial charge in [-0.3, -0.25) is 0 Å². The fraction of sp³-hybridized carbons (Fsp3) is 1.00. The summed E-state index contributed by atoms with van der Waals surface area (Å²) in [6.45, 7) is 2.34. The zero-order valence-electron chi connectivity index (χ0n) is 25.9. The van der Waals surface area contributed by atoms with Crippen LogP contribution in [0.4, 0.5) is 0 Å². The van der Waals surface area contributed by atoms with Crippen LogP contribution in [0.15, 0.2) is 0 Å². The summed E-state index contributed by atoms with van der Waals surface area (Å²) < 4.78 is 0. The maximum atomic E-state index is 2.34. The highest BCUT2D eigenvalue weighted by molar-refractivity contribution is 6.79. The molecule has 0 amide bonds. The van der Waals surface area contributed by atoms with Crippen molar-refractivity contribution in [2.24, 2.45) is 17.8 Å². The van der Waals surface area contributed by atoms with E-state index in [1.54, 1.807) is 133 Å². The van der Waals surface area contributed by atoms with E-state index >= 15 is 0 Å². The molecule has 37 heavy (non-hydrogen) atoms. The molecule has 3 aliphatic carbocycles. The molecule has 0 unspecified atom stereocenters. The third-order valence-electron chi connectivity index (χ3n) is 11.5. The van der Waals surface area contributed by atoms with Crippen molar-refractivity contribution in [3.05, 3.63) is 0 Å². The van der Waals surface area contributed by atoms with Crippen molar-refractivity contribution in [2.75, 3.05) is 0 Å². The van der Waals surface area contributed by atoms with Gasteiger partial charge in [-0.1, -0.05) is 211 Å². The molecular weight excluding hydrogens is 460 g/mol. The molecule has 3 aliphatic rings. The van der Waals surface area contributed by atoms with E-state index in [1.807, 2.05) is 0 Å². The summed E-state index contributed by atoms with van der Waals surface area (Å²) in [4.78, 5) is 0. The second kappa shape index (κ2) is 20.1. The van der Waals surface area contributed by atoms with E-state index in [-0.39, 0.29) is 0 Å². The first-order valence-corrected chi connectivity index (χ1v) is 21.1. The normalized spacial score (nSPS) is 21.0. The Hall–Kier alpha value is 0.217. The first-order chi connectivity index (χ1) is 18.3. The Morgan fingerprint density at radius 2 is 0.703 bits per heavy atom. The molecule has 0 atom stereocenters. The van der Waals surface area contributed by atoms with Crippen molar-refractivity contribution in [3.63, 3.8) is 0 Å². The Balaban J connectivity index is 1.51. The Bertz CT molecular complexity index is 454.